The predicted octanol–water partition coefficient (Wildman–Crippen LogP) is 4.99. The van der Waals surface area contributed by atoms with Crippen molar-refractivity contribution in [1.29, 1.82) is 0 Å². The van der Waals surface area contributed by atoms with Gasteiger partial charge in [0.1, 0.15) is 0 Å². The maximum atomic E-state index is 13.1. The summed E-state index contributed by atoms with van der Waals surface area (Å²) in [6.45, 7) is 0.639. The summed E-state index contributed by atoms with van der Waals surface area (Å²) >= 11 is 1.66. The molecule has 1 aromatic carbocycles. The second-order valence-corrected chi connectivity index (χ2v) is 7.23. The summed E-state index contributed by atoms with van der Waals surface area (Å²) in [4.78, 5) is 15.1. The number of carbonyl (C=O) groups excluding carboxylic acids is 1. The van der Waals surface area contributed by atoms with E-state index in [1.807, 2.05) is 35.2 Å². The Kier molecular flexibility index (Phi) is 4.65. The van der Waals surface area contributed by atoms with Crippen LogP contribution in [-0.4, -0.2) is 22.0 Å². The smallest absolute Gasteiger partial charge is 0.276 e. The summed E-state index contributed by atoms with van der Waals surface area (Å²) < 4.78 is 5.42. The Hall–Kier alpha value is -2.40. The molecule has 2 heterocycles. The Morgan fingerprint density at radius 1 is 1.20 bits per heavy atom. The molecule has 5 heteroatoms. The first kappa shape index (κ1) is 16.1. The van der Waals surface area contributed by atoms with Gasteiger partial charge in [0.2, 0.25) is 0 Å². The normalized spacial score (nSPS) is 14.7. The Labute approximate surface area is 151 Å². The van der Waals surface area contributed by atoms with Crippen molar-refractivity contribution in [2.45, 2.75) is 38.3 Å². The van der Waals surface area contributed by atoms with Gasteiger partial charge in [0.05, 0.1) is 0 Å². The van der Waals surface area contributed by atoms with E-state index in [1.165, 1.54) is 18.4 Å². The lowest BCUT2D eigenvalue weighted by Crippen LogP contribution is -2.38. The Morgan fingerprint density at radius 2 is 2.00 bits per heavy atom. The van der Waals surface area contributed by atoms with E-state index in [-0.39, 0.29) is 5.91 Å². The number of amides is 1. The Bertz CT molecular complexity index is 821. The van der Waals surface area contributed by atoms with Crippen LogP contribution >= 0.6 is 11.3 Å². The molecule has 128 valence electrons. The Morgan fingerprint density at radius 3 is 2.72 bits per heavy atom. The molecule has 0 bridgehead atoms. The maximum Gasteiger partial charge on any atom is 0.276 e. The molecule has 1 fully saturated rings. The van der Waals surface area contributed by atoms with Crippen LogP contribution in [0.2, 0.25) is 0 Å². The van der Waals surface area contributed by atoms with Crippen LogP contribution in [-0.2, 0) is 6.54 Å². The first-order valence-electron chi connectivity index (χ1n) is 8.65. The van der Waals surface area contributed by atoms with Gasteiger partial charge >= 0.3 is 0 Å². The van der Waals surface area contributed by atoms with Gasteiger partial charge < -0.3 is 9.42 Å². The lowest BCUT2D eigenvalue weighted by atomic mass is 10.1. The summed E-state index contributed by atoms with van der Waals surface area (Å²) in [6.07, 6.45) is 4.51. The zero-order valence-corrected chi connectivity index (χ0v) is 14.7. The van der Waals surface area contributed by atoms with Crippen molar-refractivity contribution >= 4 is 17.2 Å². The second-order valence-electron chi connectivity index (χ2n) is 6.45. The van der Waals surface area contributed by atoms with Crippen LogP contribution in [0.5, 0.6) is 0 Å². The third kappa shape index (κ3) is 3.51. The Balaban J connectivity index is 1.58. The summed E-state index contributed by atoms with van der Waals surface area (Å²) in [5, 5.41) is 8.21. The minimum Gasteiger partial charge on any atom is -0.355 e. The van der Waals surface area contributed by atoms with E-state index in [2.05, 4.69) is 22.0 Å². The largest absolute Gasteiger partial charge is 0.355 e. The van der Waals surface area contributed by atoms with Gasteiger partial charge in [-0.3, -0.25) is 4.79 Å². The predicted molar refractivity (Wildman–Crippen MR) is 98.4 cm³/mol. The van der Waals surface area contributed by atoms with Gasteiger partial charge in [-0.1, -0.05) is 48.3 Å². The summed E-state index contributed by atoms with van der Waals surface area (Å²) in [6, 6.07) is 13.9. The number of thiophene rings is 1. The van der Waals surface area contributed by atoms with Crippen molar-refractivity contribution in [3.63, 3.8) is 0 Å². The first-order valence-corrected chi connectivity index (χ1v) is 9.60. The molecule has 0 saturated heterocycles. The van der Waals surface area contributed by atoms with Crippen molar-refractivity contribution in [1.82, 2.24) is 10.1 Å². The van der Waals surface area contributed by atoms with E-state index in [4.69, 9.17) is 4.52 Å². The minimum atomic E-state index is -0.0379. The van der Waals surface area contributed by atoms with Gasteiger partial charge in [-0.2, -0.15) is 11.3 Å². The van der Waals surface area contributed by atoms with E-state index < -0.39 is 0 Å². The quantitative estimate of drug-likeness (QED) is 0.650. The van der Waals surface area contributed by atoms with E-state index in [9.17, 15) is 4.79 Å². The molecule has 4 nitrogen and oxygen atoms in total. The van der Waals surface area contributed by atoms with Crippen molar-refractivity contribution < 1.29 is 9.32 Å². The average Bonchev–Trinajstić information content (AvgIpc) is 3.42. The fraction of sp³-hybridized carbons (Fsp3) is 0.300. The van der Waals surface area contributed by atoms with Crippen LogP contribution < -0.4 is 0 Å². The fourth-order valence-electron chi connectivity index (χ4n) is 3.42. The number of benzene rings is 1. The van der Waals surface area contributed by atoms with Crippen molar-refractivity contribution in [3.05, 3.63) is 64.5 Å². The van der Waals surface area contributed by atoms with E-state index >= 15 is 0 Å². The van der Waals surface area contributed by atoms with Crippen molar-refractivity contribution in [2.24, 2.45) is 0 Å². The first-order chi connectivity index (χ1) is 12.3. The number of nitrogens with zero attached hydrogens (tertiary/aromatic N) is 2. The van der Waals surface area contributed by atoms with Gasteiger partial charge in [0.25, 0.3) is 5.91 Å². The summed E-state index contributed by atoms with van der Waals surface area (Å²) in [5.41, 5.74) is 2.50. The highest BCUT2D eigenvalue weighted by atomic mass is 32.1. The molecule has 1 aliphatic carbocycles. The monoisotopic (exact) mass is 352 g/mol. The van der Waals surface area contributed by atoms with Crippen molar-refractivity contribution in [2.75, 3.05) is 0 Å². The van der Waals surface area contributed by atoms with Crippen LogP contribution in [0.3, 0.4) is 0 Å². The number of hydrogen-bond acceptors (Lipinski definition) is 4. The lowest BCUT2D eigenvalue weighted by Gasteiger charge is -2.28. The molecule has 1 saturated carbocycles. The average molecular weight is 352 g/mol. The molecule has 0 aliphatic heterocycles. The van der Waals surface area contributed by atoms with E-state index in [0.29, 0.717) is 24.0 Å². The topological polar surface area (TPSA) is 46.3 Å². The highest BCUT2D eigenvalue weighted by Gasteiger charge is 2.29. The second kappa shape index (κ2) is 7.23. The number of rotatable bonds is 5. The van der Waals surface area contributed by atoms with E-state index in [0.717, 1.165) is 18.4 Å². The SMILES string of the molecule is O=C(c1cc(-c2ccccc2)on1)N(Cc1ccsc1)C1CCCC1. The van der Waals surface area contributed by atoms with Gasteiger partial charge in [0, 0.05) is 24.2 Å². The van der Waals surface area contributed by atoms with Crippen LogP contribution in [0.1, 0.15) is 41.7 Å². The molecule has 25 heavy (non-hydrogen) atoms. The fourth-order valence-corrected chi connectivity index (χ4v) is 4.08. The third-order valence-corrected chi connectivity index (χ3v) is 5.48. The van der Waals surface area contributed by atoms with Gasteiger partial charge in [-0.25, -0.2) is 0 Å². The number of aromatic nitrogens is 1. The highest BCUT2D eigenvalue weighted by molar-refractivity contribution is 7.07. The summed E-state index contributed by atoms with van der Waals surface area (Å²) in [5.74, 6) is 0.592. The lowest BCUT2D eigenvalue weighted by molar-refractivity contribution is 0.0654. The molecule has 0 atom stereocenters. The zero-order chi connectivity index (χ0) is 17.1. The minimum absolute atomic E-state index is 0.0379. The molecular formula is C20H20N2O2S. The molecule has 1 amide bonds. The summed E-state index contributed by atoms with van der Waals surface area (Å²) in [7, 11) is 0. The maximum absolute atomic E-state index is 13.1. The molecular weight excluding hydrogens is 332 g/mol. The molecule has 0 N–H and O–H groups in total. The molecule has 3 aromatic rings. The zero-order valence-electron chi connectivity index (χ0n) is 13.9. The van der Waals surface area contributed by atoms with Gasteiger partial charge in [0.15, 0.2) is 11.5 Å². The van der Waals surface area contributed by atoms with Crippen LogP contribution in [0.15, 0.2) is 57.7 Å². The molecule has 2 aromatic heterocycles. The molecule has 0 spiro atoms. The van der Waals surface area contributed by atoms with Crippen molar-refractivity contribution in [3.8, 4) is 11.3 Å². The number of carbonyl (C=O) groups is 1. The highest BCUT2D eigenvalue weighted by Crippen LogP contribution is 2.28. The molecule has 4 rings (SSSR count). The van der Waals surface area contributed by atoms with Crippen LogP contribution in [0.25, 0.3) is 11.3 Å². The molecule has 1 aliphatic rings. The molecule has 0 unspecified atom stereocenters. The van der Waals surface area contributed by atoms with Crippen LogP contribution in [0, 0.1) is 0 Å². The number of hydrogen-bond donors (Lipinski definition) is 0. The third-order valence-electron chi connectivity index (χ3n) is 4.75. The van der Waals surface area contributed by atoms with E-state index in [1.54, 1.807) is 17.4 Å². The molecule has 0 radical (unpaired) electrons. The van der Waals surface area contributed by atoms with Crippen LogP contribution in [0.4, 0.5) is 0 Å². The standard InChI is InChI=1S/C20H20N2O2S/c23-20(18-12-19(24-21-18)16-6-2-1-3-7-16)22(17-8-4-5-9-17)13-15-10-11-25-14-15/h1-3,6-7,10-12,14,17H,4-5,8-9,13H2. The van der Waals surface area contributed by atoms with Gasteiger partial charge in [-0.05, 0) is 35.2 Å². The van der Waals surface area contributed by atoms with Gasteiger partial charge in [-0.15, -0.1) is 0 Å².